The third kappa shape index (κ3) is 9.15. The zero-order chi connectivity index (χ0) is 32.3. The number of amides is 2. The normalized spacial score (nSPS) is 17.6. The van der Waals surface area contributed by atoms with Gasteiger partial charge in [-0.2, -0.15) is 0 Å². The fourth-order valence-corrected chi connectivity index (χ4v) is 5.78. The minimum absolute atomic E-state index is 0.00715. The average Bonchev–Trinajstić information content (AvgIpc) is 3.35. The van der Waals surface area contributed by atoms with Crippen molar-refractivity contribution < 1.29 is 28.6 Å². The Labute approximate surface area is 264 Å². The Kier molecular flexibility index (Phi) is 12.1. The number of aryl methyl sites for hydroxylation is 1. The highest BCUT2D eigenvalue weighted by molar-refractivity contribution is 6.02. The molecule has 240 valence electrons. The zero-order valence-electron chi connectivity index (χ0n) is 26.6. The monoisotopic (exact) mass is 616 g/mol. The molecule has 0 unspecified atom stereocenters. The van der Waals surface area contributed by atoms with Crippen molar-refractivity contribution in [2.75, 3.05) is 20.3 Å². The molecule has 9 heteroatoms. The number of carbonyl (C=O) groups is 2. The van der Waals surface area contributed by atoms with Gasteiger partial charge in [-0.25, -0.2) is 0 Å². The molecule has 0 spiro atoms. The van der Waals surface area contributed by atoms with Crippen molar-refractivity contribution >= 4 is 22.8 Å². The molecule has 2 aromatic rings. The second kappa shape index (κ2) is 16.2. The first-order valence-corrected chi connectivity index (χ1v) is 15.7. The van der Waals surface area contributed by atoms with Crippen LogP contribution in [0.3, 0.4) is 0 Å². The largest absolute Gasteiger partial charge is 0.508 e. The Morgan fingerprint density at radius 2 is 1.82 bits per heavy atom. The molecule has 3 N–H and O–H groups in total. The zero-order valence-corrected chi connectivity index (χ0v) is 26.6. The molecule has 1 aliphatic carbocycles. The Balaban J connectivity index is 0.000000207. The summed E-state index contributed by atoms with van der Waals surface area (Å²) in [6, 6.07) is 18.3. The van der Waals surface area contributed by atoms with E-state index in [2.05, 4.69) is 29.7 Å². The van der Waals surface area contributed by atoms with Gasteiger partial charge in [0.2, 0.25) is 11.8 Å². The van der Waals surface area contributed by atoms with E-state index < -0.39 is 0 Å². The van der Waals surface area contributed by atoms with Gasteiger partial charge in [-0.1, -0.05) is 37.6 Å². The molecule has 0 bridgehead atoms. The van der Waals surface area contributed by atoms with E-state index in [9.17, 15) is 19.5 Å². The predicted octanol–water partition coefficient (Wildman–Crippen LogP) is 5.82. The molecule has 2 aromatic carbocycles. The number of fused-ring (bicyclic) bond motifs is 2. The molecule has 9 nitrogen and oxygen atoms in total. The van der Waals surface area contributed by atoms with E-state index in [1.54, 1.807) is 25.3 Å². The van der Waals surface area contributed by atoms with Crippen LogP contribution in [-0.2, 0) is 25.5 Å². The first-order valence-electron chi connectivity index (χ1n) is 15.7. The van der Waals surface area contributed by atoms with Gasteiger partial charge in [-0.3, -0.25) is 14.4 Å². The van der Waals surface area contributed by atoms with Crippen LogP contribution in [0.2, 0.25) is 0 Å². The van der Waals surface area contributed by atoms with Gasteiger partial charge in [0.15, 0.2) is 5.43 Å². The highest BCUT2D eigenvalue weighted by atomic mass is 16.5. The van der Waals surface area contributed by atoms with E-state index in [4.69, 9.17) is 13.9 Å². The van der Waals surface area contributed by atoms with Crippen LogP contribution in [0.1, 0.15) is 58.4 Å². The summed E-state index contributed by atoms with van der Waals surface area (Å²) >= 11 is 0. The van der Waals surface area contributed by atoms with Crippen molar-refractivity contribution in [2.24, 2.45) is 0 Å². The molecule has 0 saturated carbocycles. The lowest BCUT2D eigenvalue weighted by Gasteiger charge is -2.19. The Morgan fingerprint density at radius 3 is 2.58 bits per heavy atom. The Hall–Kier alpha value is -4.21. The third-order valence-electron chi connectivity index (χ3n) is 7.92. The lowest BCUT2D eigenvalue weighted by atomic mass is 9.90. The average molecular weight is 617 g/mol. The van der Waals surface area contributed by atoms with Crippen molar-refractivity contribution in [3.05, 3.63) is 76.5 Å². The van der Waals surface area contributed by atoms with Gasteiger partial charge < -0.3 is 29.6 Å². The summed E-state index contributed by atoms with van der Waals surface area (Å²) in [5.41, 5.74) is 4.74. The molecular formula is C36H44N2O7. The van der Waals surface area contributed by atoms with E-state index >= 15 is 0 Å². The molecule has 2 heterocycles. The van der Waals surface area contributed by atoms with E-state index in [1.165, 1.54) is 18.6 Å². The van der Waals surface area contributed by atoms with Crippen LogP contribution in [0.5, 0.6) is 5.75 Å². The minimum Gasteiger partial charge on any atom is -0.508 e. The van der Waals surface area contributed by atoms with Gasteiger partial charge in [0.1, 0.15) is 23.2 Å². The van der Waals surface area contributed by atoms with Crippen molar-refractivity contribution in [1.82, 2.24) is 10.6 Å². The number of rotatable bonds is 11. The number of nitrogens with one attached hydrogen (secondary N) is 2. The summed E-state index contributed by atoms with van der Waals surface area (Å²) in [6.45, 7) is 6.83. The first kappa shape index (κ1) is 33.7. The van der Waals surface area contributed by atoms with Gasteiger partial charge >= 0.3 is 0 Å². The fourth-order valence-electron chi connectivity index (χ4n) is 5.78. The van der Waals surface area contributed by atoms with Crippen LogP contribution >= 0.6 is 0 Å². The second-order valence-electron chi connectivity index (χ2n) is 11.5. The summed E-state index contributed by atoms with van der Waals surface area (Å²) in [4.78, 5) is 34.4. The molecule has 3 aliphatic rings. The number of methoxy groups -OCH3 is 1. The highest BCUT2D eigenvalue weighted by Gasteiger charge is 2.33. The van der Waals surface area contributed by atoms with Crippen LogP contribution in [0, 0.1) is 0 Å². The maximum absolute atomic E-state index is 11.9. The number of hydrogen-bond acceptors (Lipinski definition) is 7. The summed E-state index contributed by atoms with van der Waals surface area (Å²) in [7, 11) is 1.64. The molecule has 45 heavy (non-hydrogen) atoms. The molecule has 1 fully saturated rings. The van der Waals surface area contributed by atoms with Gasteiger partial charge in [0.05, 0.1) is 18.8 Å². The number of hydrogen-bond donors (Lipinski definition) is 3. The van der Waals surface area contributed by atoms with E-state index in [0.29, 0.717) is 30.9 Å². The standard InChI is InChI=1S/C21H16O3.C15H28N2O4/c1-2-13-5-3-4-6-16(13)21-17-9-7-14(22)11-19(17)24-20-12-15(23)8-10-18(20)21;1-11-9-13(14(21-11)10-20-3)17-15(19)7-5-4-6-8-16-12(2)18/h3-12,22H,2H2,1H3;11,13-14H,4-10H2,1-3H3,(H,16,18)(H,17,19)/t;11-,13-,14+/m.0/s1. The van der Waals surface area contributed by atoms with Crippen molar-refractivity contribution in [1.29, 1.82) is 0 Å². The minimum atomic E-state index is -0.0968. The van der Waals surface area contributed by atoms with Crippen molar-refractivity contribution in [3.8, 4) is 28.2 Å². The topological polar surface area (TPSA) is 127 Å². The Morgan fingerprint density at radius 1 is 1.02 bits per heavy atom. The third-order valence-corrected chi connectivity index (χ3v) is 7.92. The van der Waals surface area contributed by atoms with Gasteiger partial charge in [-0.15, -0.1) is 0 Å². The van der Waals surface area contributed by atoms with Gasteiger partial charge in [0.25, 0.3) is 0 Å². The quantitative estimate of drug-likeness (QED) is 0.143. The van der Waals surface area contributed by atoms with E-state index in [0.717, 1.165) is 54.2 Å². The van der Waals surface area contributed by atoms with Crippen molar-refractivity contribution in [3.63, 3.8) is 0 Å². The number of phenolic OH excluding ortho intramolecular Hbond substituents is 1. The summed E-state index contributed by atoms with van der Waals surface area (Å²) in [5.74, 6) is 0.728. The van der Waals surface area contributed by atoms with Crippen LogP contribution in [-0.4, -0.2) is 55.4 Å². The van der Waals surface area contributed by atoms with Crippen LogP contribution in [0.4, 0.5) is 0 Å². The van der Waals surface area contributed by atoms with Crippen LogP contribution in [0.15, 0.2) is 69.9 Å². The van der Waals surface area contributed by atoms with E-state index in [1.807, 2.05) is 31.2 Å². The summed E-state index contributed by atoms with van der Waals surface area (Å²) < 4.78 is 16.7. The lowest BCUT2D eigenvalue weighted by Crippen LogP contribution is -2.42. The number of phenols is 1. The maximum atomic E-state index is 11.9. The van der Waals surface area contributed by atoms with Crippen molar-refractivity contribution in [2.45, 2.75) is 77.5 Å². The molecule has 2 aliphatic heterocycles. The van der Waals surface area contributed by atoms with Gasteiger partial charge in [-0.05, 0) is 68.0 Å². The Bertz CT molecular complexity index is 1610. The lowest BCUT2D eigenvalue weighted by molar-refractivity contribution is -0.122. The predicted molar refractivity (Wildman–Crippen MR) is 175 cm³/mol. The number of carbonyl (C=O) groups excluding carboxylic acids is 2. The van der Waals surface area contributed by atoms with E-state index in [-0.39, 0.29) is 41.2 Å². The highest BCUT2D eigenvalue weighted by Crippen LogP contribution is 2.41. The molecule has 1 saturated heterocycles. The molecule has 3 atom stereocenters. The fraction of sp³-hybridized carbons (Fsp3) is 0.417. The molecule has 0 aromatic heterocycles. The number of unbranched alkanes of at least 4 members (excludes halogenated alkanes) is 2. The first-order chi connectivity index (χ1) is 21.7. The maximum Gasteiger partial charge on any atom is 0.220 e. The summed E-state index contributed by atoms with van der Waals surface area (Å²) in [6.07, 6.45) is 5.05. The molecule has 0 radical (unpaired) electrons. The number of aromatic hydroxyl groups is 1. The second-order valence-corrected chi connectivity index (χ2v) is 11.5. The van der Waals surface area contributed by atoms with Crippen LogP contribution in [0.25, 0.3) is 33.4 Å². The van der Waals surface area contributed by atoms with Crippen LogP contribution < -0.4 is 16.1 Å². The SMILES string of the molecule is CCc1ccccc1-c1c2ccc(=O)cc-2oc2cc(O)ccc12.COC[C@H]1O[C@@H](C)C[C@@H]1NC(=O)CCCCCNC(C)=O. The summed E-state index contributed by atoms with van der Waals surface area (Å²) in [5, 5.41) is 16.5. The number of benzene rings is 3. The number of ether oxygens (including phenoxy) is 2. The molecule has 5 rings (SSSR count). The smallest absolute Gasteiger partial charge is 0.220 e. The van der Waals surface area contributed by atoms with Gasteiger partial charge in [0, 0.05) is 55.6 Å². The molecular weight excluding hydrogens is 572 g/mol. The molecule has 2 amide bonds.